The van der Waals surface area contributed by atoms with Gasteiger partial charge in [-0.05, 0) is 44.0 Å². The first-order valence-corrected chi connectivity index (χ1v) is 7.78. The fourth-order valence-electron chi connectivity index (χ4n) is 2.19. The van der Waals surface area contributed by atoms with Crippen LogP contribution in [0.2, 0.25) is 0 Å². The molecule has 1 aliphatic heterocycles. The zero-order valence-corrected chi connectivity index (χ0v) is 11.4. The van der Waals surface area contributed by atoms with E-state index in [9.17, 15) is 8.42 Å². The van der Waals surface area contributed by atoms with Crippen LogP contribution in [0, 0.1) is 5.92 Å². The topological polar surface area (TPSA) is 62.3 Å². The average Bonchev–Trinajstić information content (AvgIpc) is 2.39. The second kappa shape index (κ2) is 5.67. The number of hydrogen-bond acceptors (Lipinski definition) is 4. The molecule has 0 amide bonds. The summed E-state index contributed by atoms with van der Waals surface area (Å²) in [5.74, 6) is 0.423. The van der Waals surface area contributed by atoms with E-state index >= 15 is 0 Å². The lowest BCUT2D eigenvalue weighted by Crippen LogP contribution is -2.38. The highest BCUT2D eigenvalue weighted by atomic mass is 32.2. The second-order valence-electron chi connectivity index (χ2n) is 4.66. The van der Waals surface area contributed by atoms with E-state index in [4.69, 9.17) is 0 Å². The van der Waals surface area contributed by atoms with Crippen molar-refractivity contribution in [1.29, 1.82) is 0 Å². The summed E-state index contributed by atoms with van der Waals surface area (Å²) in [6, 6.07) is 3.41. The van der Waals surface area contributed by atoms with Gasteiger partial charge < -0.3 is 5.32 Å². The molecule has 0 radical (unpaired) electrons. The average molecular weight is 269 g/mol. The Kier molecular flexibility index (Phi) is 4.19. The van der Waals surface area contributed by atoms with Gasteiger partial charge in [-0.15, -0.1) is 0 Å². The summed E-state index contributed by atoms with van der Waals surface area (Å²) in [5, 5.41) is 3.24. The molecule has 1 aliphatic rings. The van der Waals surface area contributed by atoms with Crippen LogP contribution in [0.15, 0.2) is 24.5 Å². The van der Waals surface area contributed by atoms with Crippen molar-refractivity contribution in [2.24, 2.45) is 5.92 Å². The molecule has 0 aliphatic carbocycles. The van der Waals surface area contributed by atoms with Crippen LogP contribution in [0.5, 0.6) is 0 Å². The third kappa shape index (κ3) is 3.20. The molecule has 18 heavy (non-hydrogen) atoms. The molecule has 0 bridgehead atoms. The van der Waals surface area contributed by atoms with Crippen molar-refractivity contribution in [2.75, 3.05) is 30.2 Å². The molecular formula is C12H19N3O2S. The van der Waals surface area contributed by atoms with Crippen molar-refractivity contribution < 1.29 is 8.42 Å². The fraction of sp³-hybridized carbons (Fsp3) is 0.583. The molecule has 1 fully saturated rings. The standard InChI is InChI=1S/C12H19N3O2S/c1-15(12-4-7-13-8-5-12)18(16,17)10-11-3-2-6-14-9-11/h4-5,7-8,11,14H,2-3,6,9-10H2,1H3. The van der Waals surface area contributed by atoms with E-state index in [1.807, 2.05) is 0 Å². The Morgan fingerprint density at radius 3 is 2.78 bits per heavy atom. The van der Waals surface area contributed by atoms with Gasteiger partial charge in [-0.3, -0.25) is 9.29 Å². The molecule has 1 aromatic heterocycles. The minimum Gasteiger partial charge on any atom is -0.316 e. The third-order valence-electron chi connectivity index (χ3n) is 3.29. The lowest BCUT2D eigenvalue weighted by molar-refractivity contribution is 0.404. The first kappa shape index (κ1) is 13.3. The molecule has 0 aromatic carbocycles. The maximum Gasteiger partial charge on any atom is 0.235 e. The Balaban J connectivity index is 2.06. The van der Waals surface area contributed by atoms with Gasteiger partial charge in [0.05, 0.1) is 11.4 Å². The van der Waals surface area contributed by atoms with Crippen molar-refractivity contribution in [3.05, 3.63) is 24.5 Å². The molecule has 5 nitrogen and oxygen atoms in total. The predicted octanol–water partition coefficient (Wildman–Crippen LogP) is 0.847. The van der Waals surface area contributed by atoms with Gasteiger partial charge in [-0.25, -0.2) is 8.42 Å². The number of piperidine rings is 1. The number of rotatable bonds is 4. The van der Waals surface area contributed by atoms with Crippen LogP contribution in [-0.4, -0.2) is 39.3 Å². The molecule has 6 heteroatoms. The zero-order chi connectivity index (χ0) is 13.0. The van der Waals surface area contributed by atoms with E-state index in [1.54, 1.807) is 31.6 Å². The Morgan fingerprint density at radius 1 is 1.44 bits per heavy atom. The quantitative estimate of drug-likeness (QED) is 0.880. The van der Waals surface area contributed by atoms with Crippen LogP contribution in [0.4, 0.5) is 5.69 Å². The monoisotopic (exact) mass is 269 g/mol. The van der Waals surface area contributed by atoms with E-state index in [2.05, 4.69) is 10.3 Å². The van der Waals surface area contributed by atoms with Crippen molar-refractivity contribution in [3.8, 4) is 0 Å². The van der Waals surface area contributed by atoms with Gasteiger partial charge in [0.1, 0.15) is 0 Å². The number of anilines is 1. The number of nitrogens with zero attached hydrogens (tertiary/aromatic N) is 2. The van der Waals surface area contributed by atoms with E-state index in [1.165, 1.54) is 4.31 Å². The van der Waals surface area contributed by atoms with Crippen LogP contribution >= 0.6 is 0 Å². The number of sulfonamides is 1. The van der Waals surface area contributed by atoms with Crippen LogP contribution in [0.3, 0.4) is 0 Å². The highest BCUT2D eigenvalue weighted by Crippen LogP contribution is 2.19. The van der Waals surface area contributed by atoms with Gasteiger partial charge in [-0.1, -0.05) is 0 Å². The molecule has 0 saturated carbocycles. The van der Waals surface area contributed by atoms with E-state index in [-0.39, 0.29) is 11.7 Å². The van der Waals surface area contributed by atoms with Gasteiger partial charge in [0, 0.05) is 19.4 Å². The lowest BCUT2D eigenvalue weighted by Gasteiger charge is -2.26. The van der Waals surface area contributed by atoms with Gasteiger partial charge in [0.15, 0.2) is 0 Å². The predicted molar refractivity (Wildman–Crippen MR) is 72.0 cm³/mol. The van der Waals surface area contributed by atoms with Crippen molar-refractivity contribution in [1.82, 2.24) is 10.3 Å². The first-order valence-electron chi connectivity index (χ1n) is 6.17. The Bertz CT molecular complexity index is 469. The highest BCUT2D eigenvalue weighted by Gasteiger charge is 2.24. The zero-order valence-electron chi connectivity index (χ0n) is 10.5. The van der Waals surface area contributed by atoms with Crippen molar-refractivity contribution in [2.45, 2.75) is 12.8 Å². The number of hydrogen-bond donors (Lipinski definition) is 1. The molecule has 0 spiro atoms. The van der Waals surface area contributed by atoms with Crippen LogP contribution in [0.25, 0.3) is 0 Å². The normalized spacial score (nSPS) is 20.6. The summed E-state index contributed by atoms with van der Waals surface area (Å²) < 4.78 is 25.9. The first-order chi connectivity index (χ1) is 8.59. The minimum atomic E-state index is -3.25. The molecule has 1 N–H and O–H groups in total. The molecule has 1 aromatic rings. The largest absolute Gasteiger partial charge is 0.316 e. The highest BCUT2D eigenvalue weighted by molar-refractivity contribution is 7.92. The molecule has 2 heterocycles. The van der Waals surface area contributed by atoms with E-state index in [0.29, 0.717) is 5.69 Å². The SMILES string of the molecule is CN(c1ccncc1)S(=O)(=O)CC1CCCNC1. The van der Waals surface area contributed by atoms with Crippen molar-refractivity contribution in [3.63, 3.8) is 0 Å². The molecule has 2 rings (SSSR count). The van der Waals surface area contributed by atoms with Gasteiger partial charge in [0.25, 0.3) is 0 Å². The van der Waals surface area contributed by atoms with Gasteiger partial charge >= 0.3 is 0 Å². The number of pyridine rings is 1. The number of aromatic nitrogens is 1. The molecular weight excluding hydrogens is 250 g/mol. The van der Waals surface area contributed by atoms with Crippen molar-refractivity contribution >= 4 is 15.7 Å². The molecule has 1 saturated heterocycles. The number of nitrogens with one attached hydrogen (secondary N) is 1. The lowest BCUT2D eigenvalue weighted by atomic mass is 10.0. The van der Waals surface area contributed by atoms with Crippen LogP contribution in [-0.2, 0) is 10.0 Å². The summed E-state index contributed by atoms with van der Waals surface area (Å²) in [5.41, 5.74) is 0.661. The van der Waals surface area contributed by atoms with E-state index < -0.39 is 10.0 Å². The Morgan fingerprint density at radius 2 is 2.17 bits per heavy atom. The third-order valence-corrected chi connectivity index (χ3v) is 5.23. The maximum absolute atomic E-state index is 12.3. The molecule has 1 atom stereocenters. The smallest absolute Gasteiger partial charge is 0.235 e. The maximum atomic E-state index is 12.3. The minimum absolute atomic E-state index is 0.207. The molecule has 100 valence electrons. The molecule has 1 unspecified atom stereocenters. The second-order valence-corrected chi connectivity index (χ2v) is 6.71. The summed E-state index contributed by atoms with van der Waals surface area (Å²) in [6.45, 7) is 1.79. The Hall–Kier alpha value is -1.14. The summed E-state index contributed by atoms with van der Waals surface area (Å²) in [4.78, 5) is 3.89. The van der Waals surface area contributed by atoms with Crippen LogP contribution < -0.4 is 9.62 Å². The summed E-state index contributed by atoms with van der Waals surface area (Å²) in [6.07, 6.45) is 5.24. The summed E-state index contributed by atoms with van der Waals surface area (Å²) in [7, 11) is -1.65. The van der Waals surface area contributed by atoms with E-state index in [0.717, 1.165) is 25.9 Å². The van der Waals surface area contributed by atoms with Gasteiger partial charge in [0.2, 0.25) is 10.0 Å². The van der Waals surface area contributed by atoms with Crippen LogP contribution in [0.1, 0.15) is 12.8 Å². The Labute approximate surface area is 108 Å². The van der Waals surface area contributed by atoms with Gasteiger partial charge in [-0.2, -0.15) is 0 Å². The fourth-order valence-corrected chi connectivity index (χ4v) is 3.74. The summed E-state index contributed by atoms with van der Waals surface area (Å²) >= 11 is 0.